The molecule has 2 aromatic rings. The molecule has 7 heteroatoms. The smallest absolute Gasteiger partial charge is 0.326 e. The summed E-state index contributed by atoms with van der Waals surface area (Å²) in [6, 6.07) is 9.58. The summed E-state index contributed by atoms with van der Waals surface area (Å²) in [6.45, 7) is 4.61. The Balaban J connectivity index is 2.43. The Labute approximate surface area is 156 Å². The lowest BCUT2D eigenvalue weighted by atomic mass is 10.1. The zero-order valence-corrected chi connectivity index (χ0v) is 15.4. The van der Waals surface area contributed by atoms with E-state index in [4.69, 9.17) is 16.3 Å². The van der Waals surface area contributed by atoms with Crippen LogP contribution in [0, 0.1) is 5.82 Å². The van der Waals surface area contributed by atoms with Crippen LogP contribution in [0.4, 0.5) is 10.1 Å². The van der Waals surface area contributed by atoms with Gasteiger partial charge in [-0.3, -0.25) is 14.5 Å². The molecule has 0 saturated heterocycles. The summed E-state index contributed by atoms with van der Waals surface area (Å²) in [6.07, 6.45) is 0. The molecule has 5 nitrogen and oxygen atoms in total. The van der Waals surface area contributed by atoms with E-state index in [-0.39, 0.29) is 22.0 Å². The number of nitrogens with zero attached hydrogens (tertiary/aromatic N) is 1. The number of halogens is 2. The lowest BCUT2D eigenvalue weighted by Crippen LogP contribution is -2.39. The van der Waals surface area contributed by atoms with Crippen LogP contribution in [0.25, 0.3) is 0 Å². The summed E-state index contributed by atoms with van der Waals surface area (Å²) in [5.41, 5.74) is -0.901. The van der Waals surface area contributed by atoms with E-state index < -0.39 is 29.8 Å². The number of aromatic hydroxyl groups is 1. The first kappa shape index (κ1) is 19.7. The summed E-state index contributed by atoms with van der Waals surface area (Å²) in [5.74, 6) is -2.41. The van der Waals surface area contributed by atoms with Crippen molar-refractivity contribution in [2.24, 2.45) is 0 Å². The summed E-state index contributed by atoms with van der Waals surface area (Å²) in [7, 11) is 0. The Bertz CT molecular complexity index is 812. The predicted molar refractivity (Wildman–Crippen MR) is 97.0 cm³/mol. The van der Waals surface area contributed by atoms with Crippen molar-refractivity contribution >= 4 is 29.2 Å². The third kappa shape index (κ3) is 4.95. The first-order valence-corrected chi connectivity index (χ1v) is 8.23. The van der Waals surface area contributed by atoms with E-state index in [9.17, 15) is 19.1 Å². The summed E-state index contributed by atoms with van der Waals surface area (Å²) in [5, 5.41) is 9.61. The van der Waals surface area contributed by atoms with Gasteiger partial charge < -0.3 is 9.84 Å². The number of ether oxygens (including phenoxy) is 1. The highest BCUT2D eigenvalue weighted by molar-refractivity contribution is 6.34. The maximum atomic E-state index is 14.2. The second kappa shape index (κ2) is 7.74. The Morgan fingerprint density at radius 1 is 1.19 bits per heavy atom. The first-order chi connectivity index (χ1) is 12.1. The molecule has 1 N–H and O–H groups in total. The fourth-order valence-corrected chi connectivity index (χ4v) is 2.53. The van der Waals surface area contributed by atoms with Gasteiger partial charge in [0.15, 0.2) is 0 Å². The molecule has 1 amide bonds. The van der Waals surface area contributed by atoms with Gasteiger partial charge in [0.2, 0.25) is 0 Å². The van der Waals surface area contributed by atoms with Crippen LogP contribution in [0.1, 0.15) is 31.1 Å². The van der Waals surface area contributed by atoms with E-state index >= 15 is 0 Å². The number of carbonyl (C=O) groups is 2. The number of rotatable bonds is 4. The number of carbonyl (C=O) groups excluding carboxylic acids is 2. The van der Waals surface area contributed by atoms with Gasteiger partial charge in [0.1, 0.15) is 23.7 Å². The summed E-state index contributed by atoms with van der Waals surface area (Å²) in [4.78, 5) is 26.2. The number of hydrogen-bond acceptors (Lipinski definition) is 4. The largest absolute Gasteiger partial charge is 0.508 e. The van der Waals surface area contributed by atoms with Gasteiger partial charge in [-0.1, -0.05) is 23.7 Å². The third-order valence-corrected chi connectivity index (χ3v) is 3.59. The number of anilines is 1. The van der Waals surface area contributed by atoms with Crippen LogP contribution in [-0.4, -0.2) is 29.1 Å². The van der Waals surface area contributed by atoms with Crippen LogP contribution in [0.2, 0.25) is 5.02 Å². The highest BCUT2D eigenvalue weighted by atomic mass is 35.5. The van der Waals surface area contributed by atoms with Crippen molar-refractivity contribution in [1.29, 1.82) is 0 Å². The minimum Gasteiger partial charge on any atom is -0.508 e. The fraction of sp³-hybridized carbons (Fsp3) is 0.263. The number of esters is 1. The molecule has 0 aliphatic rings. The van der Waals surface area contributed by atoms with Crippen LogP contribution in [0.5, 0.6) is 5.75 Å². The number of phenols is 1. The molecule has 2 aromatic carbocycles. The molecule has 0 atom stereocenters. The minimum atomic E-state index is -0.815. The second-order valence-corrected chi connectivity index (χ2v) is 7.00. The van der Waals surface area contributed by atoms with Gasteiger partial charge in [-0.2, -0.15) is 0 Å². The molecule has 0 bridgehead atoms. The molecule has 0 heterocycles. The van der Waals surface area contributed by atoms with Gasteiger partial charge in [0, 0.05) is 11.8 Å². The summed E-state index contributed by atoms with van der Waals surface area (Å²) < 4.78 is 19.4. The van der Waals surface area contributed by atoms with Gasteiger partial charge in [0.05, 0.1) is 10.6 Å². The Hall–Kier alpha value is -2.60. The van der Waals surface area contributed by atoms with Crippen LogP contribution < -0.4 is 4.90 Å². The van der Waals surface area contributed by atoms with Crippen LogP contribution in [-0.2, 0) is 9.53 Å². The standard InChI is InChI=1S/C19H19ClFNO4/c1-19(2,3)26-16(24)11-22(12-6-4-7-13(23)10-12)18(25)17-14(20)8-5-9-15(17)21/h4-10,23H,11H2,1-3H3. The van der Waals surface area contributed by atoms with Gasteiger partial charge in [-0.05, 0) is 45.0 Å². The highest BCUT2D eigenvalue weighted by Crippen LogP contribution is 2.26. The minimum absolute atomic E-state index is 0.0793. The zero-order valence-electron chi connectivity index (χ0n) is 14.6. The van der Waals surface area contributed by atoms with Crippen molar-refractivity contribution < 1.29 is 23.8 Å². The SMILES string of the molecule is CC(C)(C)OC(=O)CN(C(=O)c1c(F)cccc1Cl)c1cccc(O)c1. The van der Waals surface area contributed by atoms with Crippen molar-refractivity contribution in [2.75, 3.05) is 11.4 Å². The molecular formula is C19H19ClFNO4. The van der Waals surface area contributed by atoms with Gasteiger partial charge in [-0.15, -0.1) is 0 Å². The van der Waals surface area contributed by atoms with E-state index in [0.29, 0.717) is 0 Å². The topological polar surface area (TPSA) is 66.8 Å². The Morgan fingerprint density at radius 2 is 1.85 bits per heavy atom. The van der Waals surface area contributed by atoms with Crippen molar-refractivity contribution in [1.82, 2.24) is 0 Å². The third-order valence-electron chi connectivity index (χ3n) is 3.27. The molecule has 0 fully saturated rings. The second-order valence-electron chi connectivity index (χ2n) is 6.59. The zero-order chi connectivity index (χ0) is 19.5. The van der Waals surface area contributed by atoms with Gasteiger partial charge in [-0.25, -0.2) is 4.39 Å². The number of phenolic OH excluding ortho intramolecular Hbond substituents is 1. The maximum Gasteiger partial charge on any atom is 0.326 e. The quantitative estimate of drug-likeness (QED) is 0.809. The monoisotopic (exact) mass is 379 g/mol. The van der Waals surface area contributed by atoms with E-state index in [0.717, 1.165) is 11.0 Å². The molecule has 0 spiro atoms. The molecule has 2 rings (SSSR count). The van der Waals surface area contributed by atoms with Crippen molar-refractivity contribution in [3.8, 4) is 5.75 Å². The first-order valence-electron chi connectivity index (χ1n) is 7.85. The maximum absolute atomic E-state index is 14.2. The van der Waals surface area contributed by atoms with Gasteiger partial charge in [0.25, 0.3) is 5.91 Å². The summed E-state index contributed by atoms with van der Waals surface area (Å²) >= 11 is 5.98. The van der Waals surface area contributed by atoms with Gasteiger partial charge >= 0.3 is 5.97 Å². The van der Waals surface area contributed by atoms with E-state index in [2.05, 4.69) is 0 Å². The lowest BCUT2D eigenvalue weighted by molar-refractivity contribution is -0.152. The highest BCUT2D eigenvalue weighted by Gasteiger charge is 2.27. The normalized spacial score (nSPS) is 11.1. The molecule has 0 saturated carbocycles. The fourth-order valence-electron chi connectivity index (χ4n) is 2.28. The predicted octanol–water partition coefficient (Wildman–Crippen LogP) is 4.17. The molecule has 26 heavy (non-hydrogen) atoms. The lowest BCUT2D eigenvalue weighted by Gasteiger charge is -2.26. The van der Waals surface area contributed by atoms with Crippen LogP contribution in [0.3, 0.4) is 0 Å². The van der Waals surface area contributed by atoms with Crippen LogP contribution in [0.15, 0.2) is 42.5 Å². The Kier molecular flexibility index (Phi) is 5.87. The molecule has 138 valence electrons. The molecule has 0 unspecified atom stereocenters. The molecule has 0 aliphatic heterocycles. The van der Waals surface area contributed by atoms with E-state index in [1.807, 2.05) is 0 Å². The average molecular weight is 380 g/mol. The number of hydrogen-bond donors (Lipinski definition) is 1. The van der Waals surface area contributed by atoms with E-state index in [1.54, 1.807) is 20.8 Å². The molecule has 0 radical (unpaired) electrons. The molecule has 0 aromatic heterocycles. The Morgan fingerprint density at radius 3 is 2.42 bits per heavy atom. The van der Waals surface area contributed by atoms with E-state index in [1.165, 1.54) is 36.4 Å². The number of amides is 1. The average Bonchev–Trinajstić information content (AvgIpc) is 2.50. The molecule has 0 aliphatic carbocycles. The van der Waals surface area contributed by atoms with Crippen molar-refractivity contribution in [3.63, 3.8) is 0 Å². The number of benzene rings is 2. The van der Waals surface area contributed by atoms with Crippen LogP contribution >= 0.6 is 11.6 Å². The molecular weight excluding hydrogens is 361 g/mol. The van der Waals surface area contributed by atoms with Crippen molar-refractivity contribution in [2.45, 2.75) is 26.4 Å². The van der Waals surface area contributed by atoms with Crippen molar-refractivity contribution in [3.05, 3.63) is 58.9 Å².